The molecule has 0 saturated heterocycles. The van der Waals surface area contributed by atoms with Crippen LogP contribution in [0.15, 0.2) is 12.1 Å². The maximum Gasteiger partial charge on any atom is 0.325 e. The van der Waals surface area contributed by atoms with Gasteiger partial charge in [-0.15, -0.1) is 0 Å². The van der Waals surface area contributed by atoms with E-state index in [1.165, 1.54) is 39.9 Å². The van der Waals surface area contributed by atoms with Gasteiger partial charge in [-0.3, -0.25) is 14.4 Å². The summed E-state index contributed by atoms with van der Waals surface area (Å²) >= 11 is 0. The number of methoxy groups -OCH3 is 3. The maximum absolute atomic E-state index is 12.3. The Labute approximate surface area is 170 Å². The molecule has 0 spiro atoms. The van der Waals surface area contributed by atoms with Gasteiger partial charge < -0.3 is 29.6 Å². The van der Waals surface area contributed by atoms with Crippen LogP contribution in [-0.4, -0.2) is 58.3 Å². The first-order chi connectivity index (χ1) is 14.0. The maximum atomic E-state index is 12.3. The Balaban J connectivity index is 1.82. The van der Waals surface area contributed by atoms with Crippen molar-refractivity contribution in [3.05, 3.63) is 17.7 Å². The SMILES string of the molecule is COc1cc(C(=O)NCC(=O)OCC(=O)NC2CCCCC2)cc(OC)c1OC. The lowest BCUT2D eigenvalue weighted by Crippen LogP contribution is -2.39. The lowest BCUT2D eigenvalue weighted by molar-refractivity contribution is -0.147. The predicted octanol–water partition coefficient (Wildman–Crippen LogP) is 1.43. The highest BCUT2D eigenvalue weighted by Gasteiger charge is 2.19. The van der Waals surface area contributed by atoms with Gasteiger partial charge in [-0.1, -0.05) is 19.3 Å². The Hall–Kier alpha value is -2.97. The molecule has 0 bridgehead atoms. The van der Waals surface area contributed by atoms with Gasteiger partial charge >= 0.3 is 5.97 Å². The summed E-state index contributed by atoms with van der Waals surface area (Å²) in [6.07, 6.45) is 5.28. The Kier molecular flexibility index (Phi) is 8.57. The number of carbonyl (C=O) groups is 3. The molecule has 0 unspecified atom stereocenters. The number of amides is 2. The van der Waals surface area contributed by atoms with Crippen molar-refractivity contribution in [2.45, 2.75) is 38.1 Å². The van der Waals surface area contributed by atoms with E-state index in [-0.39, 0.29) is 30.7 Å². The lowest BCUT2D eigenvalue weighted by Gasteiger charge is -2.22. The van der Waals surface area contributed by atoms with Gasteiger partial charge in [-0.05, 0) is 25.0 Å². The number of benzene rings is 1. The van der Waals surface area contributed by atoms with E-state index < -0.39 is 11.9 Å². The van der Waals surface area contributed by atoms with E-state index in [1.54, 1.807) is 0 Å². The van der Waals surface area contributed by atoms with Crippen molar-refractivity contribution in [2.75, 3.05) is 34.5 Å². The zero-order valence-corrected chi connectivity index (χ0v) is 17.0. The molecule has 1 aromatic rings. The molecule has 2 N–H and O–H groups in total. The fraction of sp³-hybridized carbons (Fsp3) is 0.550. The molecule has 1 aliphatic rings. The van der Waals surface area contributed by atoms with Crippen LogP contribution in [0.1, 0.15) is 42.5 Å². The standard InChI is InChI=1S/C20H28N2O7/c1-26-15-9-13(10-16(27-2)19(15)28-3)20(25)21-11-18(24)29-12-17(23)22-14-7-5-4-6-8-14/h9-10,14H,4-8,11-12H2,1-3H3,(H,21,25)(H,22,23). The van der Waals surface area contributed by atoms with E-state index in [0.29, 0.717) is 17.2 Å². The van der Waals surface area contributed by atoms with Crippen molar-refractivity contribution in [1.29, 1.82) is 0 Å². The first-order valence-corrected chi connectivity index (χ1v) is 9.51. The van der Waals surface area contributed by atoms with Gasteiger partial charge in [0.2, 0.25) is 5.75 Å². The summed E-state index contributed by atoms with van der Waals surface area (Å²) in [7, 11) is 4.34. The number of ether oxygens (including phenoxy) is 4. The van der Waals surface area contributed by atoms with Gasteiger partial charge in [-0.25, -0.2) is 0 Å². The smallest absolute Gasteiger partial charge is 0.325 e. The minimum absolute atomic E-state index is 0.148. The molecule has 0 atom stereocenters. The summed E-state index contributed by atoms with van der Waals surface area (Å²) < 4.78 is 20.5. The van der Waals surface area contributed by atoms with Crippen molar-refractivity contribution in [3.8, 4) is 17.2 Å². The molecular formula is C20H28N2O7. The van der Waals surface area contributed by atoms with Crippen molar-refractivity contribution in [2.24, 2.45) is 0 Å². The van der Waals surface area contributed by atoms with Crippen LogP contribution in [0, 0.1) is 0 Å². The van der Waals surface area contributed by atoms with E-state index in [4.69, 9.17) is 18.9 Å². The molecule has 1 fully saturated rings. The molecule has 160 valence electrons. The second kappa shape index (κ2) is 11.1. The van der Waals surface area contributed by atoms with Crippen LogP contribution in [0.3, 0.4) is 0 Å². The molecule has 29 heavy (non-hydrogen) atoms. The first-order valence-electron chi connectivity index (χ1n) is 9.51. The van der Waals surface area contributed by atoms with E-state index in [2.05, 4.69) is 10.6 Å². The summed E-state index contributed by atoms with van der Waals surface area (Å²) in [6, 6.07) is 3.09. The Morgan fingerprint density at radius 2 is 1.59 bits per heavy atom. The number of carbonyl (C=O) groups excluding carboxylic acids is 3. The van der Waals surface area contributed by atoms with Gasteiger partial charge in [0.1, 0.15) is 6.54 Å². The molecule has 1 aliphatic carbocycles. The highest BCUT2D eigenvalue weighted by Crippen LogP contribution is 2.38. The van der Waals surface area contributed by atoms with Gasteiger partial charge in [0, 0.05) is 11.6 Å². The van der Waals surface area contributed by atoms with Crippen LogP contribution in [0.2, 0.25) is 0 Å². The lowest BCUT2D eigenvalue weighted by atomic mass is 9.95. The Bertz CT molecular complexity index is 705. The van der Waals surface area contributed by atoms with E-state index in [0.717, 1.165) is 25.7 Å². The van der Waals surface area contributed by atoms with Gasteiger partial charge in [0.25, 0.3) is 11.8 Å². The molecule has 0 heterocycles. The normalized spacial score (nSPS) is 13.9. The molecule has 9 nitrogen and oxygen atoms in total. The number of hydrogen-bond acceptors (Lipinski definition) is 7. The summed E-state index contributed by atoms with van der Waals surface area (Å²) in [5.74, 6) is -0.563. The third-order valence-corrected chi connectivity index (χ3v) is 4.65. The van der Waals surface area contributed by atoms with Gasteiger partial charge in [0.15, 0.2) is 18.1 Å². The second-order valence-corrected chi connectivity index (χ2v) is 6.66. The Morgan fingerprint density at radius 1 is 0.966 bits per heavy atom. The van der Waals surface area contributed by atoms with E-state index >= 15 is 0 Å². The third-order valence-electron chi connectivity index (χ3n) is 4.65. The number of nitrogens with one attached hydrogen (secondary N) is 2. The highest BCUT2D eigenvalue weighted by atomic mass is 16.5. The van der Waals surface area contributed by atoms with Crippen LogP contribution in [-0.2, 0) is 14.3 Å². The van der Waals surface area contributed by atoms with Crippen molar-refractivity contribution >= 4 is 17.8 Å². The Morgan fingerprint density at radius 3 is 2.14 bits per heavy atom. The largest absolute Gasteiger partial charge is 0.493 e. The average Bonchev–Trinajstić information content (AvgIpc) is 2.75. The summed E-state index contributed by atoms with van der Waals surface area (Å²) in [5, 5.41) is 5.30. The number of hydrogen-bond donors (Lipinski definition) is 2. The zero-order chi connectivity index (χ0) is 21.2. The van der Waals surface area contributed by atoms with Gasteiger partial charge in [-0.2, -0.15) is 0 Å². The number of rotatable bonds is 9. The fourth-order valence-electron chi connectivity index (χ4n) is 3.18. The van der Waals surface area contributed by atoms with E-state index in [1.807, 2.05) is 0 Å². The average molecular weight is 408 g/mol. The highest BCUT2D eigenvalue weighted by molar-refractivity contribution is 5.97. The van der Waals surface area contributed by atoms with Crippen LogP contribution in [0.4, 0.5) is 0 Å². The molecule has 1 saturated carbocycles. The molecule has 2 amide bonds. The predicted molar refractivity (Wildman–Crippen MR) is 104 cm³/mol. The minimum atomic E-state index is -0.704. The zero-order valence-electron chi connectivity index (χ0n) is 17.0. The quantitative estimate of drug-likeness (QED) is 0.595. The van der Waals surface area contributed by atoms with Gasteiger partial charge in [0.05, 0.1) is 21.3 Å². The topological polar surface area (TPSA) is 112 Å². The number of esters is 1. The monoisotopic (exact) mass is 408 g/mol. The molecule has 0 aliphatic heterocycles. The fourth-order valence-corrected chi connectivity index (χ4v) is 3.18. The molecule has 9 heteroatoms. The van der Waals surface area contributed by atoms with Crippen LogP contribution in [0.25, 0.3) is 0 Å². The third kappa shape index (κ3) is 6.55. The molecule has 0 aromatic heterocycles. The van der Waals surface area contributed by atoms with Crippen molar-refractivity contribution < 1.29 is 33.3 Å². The van der Waals surface area contributed by atoms with Crippen LogP contribution < -0.4 is 24.8 Å². The first kappa shape index (κ1) is 22.3. The minimum Gasteiger partial charge on any atom is -0.493 e. The second-order valence-electron chi connectivity index (χ2n) is 6.66. The molecule has 1 aromatic carbocycles. The van der Waals surface area contributed by atoms with Crippen molar-refractivity contribution in [1.82, 2.24) is 10.6 Å². The summed E-state index contributed by atoms with van der Waals surface area (Å²) in [4.78, 5) is 36.0. The van der Waals surface area contributed by atoms with Crippen LogP contribution >= 0.6 is 0 Å². The molecule has 0 radical (unpaired) electrons. The molecule has 2 rings (SSSR count). The van der Waals surface area contributed by atoms with Crippen molar-refractivity contribution in [3.63, 3.8) is 0 Å². The summed E-state index contributed by atoms with van der Waals surface area (Å²) in [6.45, 7) is -0.735. The summed E-state index contributed by atoms with van der Waals surface area (Å²) in [5.41, 5.74) is 0.224. The molecular weight excluding hydrogens is 380 g/mol. The van der Waals surface area contributed by atoms with E-state index in [9.17, 15) is 14.4 Å². The van der Waals surface area contributed by atoms with Crippen LogP contribution in [0.5, 0.6) is 17.2 Å².